The number of aliphatic carboxylic acids is 1. The fourth-order valence-electron chi connectivity index (χ4n) is 2.40. The molecule has 3 rings (SSSR count). The lowest BCUT2D eigenvalue weighted by molar-refractivity contribution is -0.139. The van der Waals surface area contributed by atoms with Gasteiger partial charge in [-0.2, -0.15) is 0 Å². The van der Waals surface area contributed by atoms with Crippen molar-refractivity contribution in [3.05, 3.63) is 64.6 Å². The number of carboxylic acids is 2. The van der Waals surface area contributed by atoms with E-state index in [1.807, 2.05) is 0 Å². The molecule has 2 aromatic carbocycles. The van der Waals surface area contributed by atoms with Gasteiger partial charge in [0, 0.05) is 7.05 Å². The van der Waals surface area contributed by atoms with Crippen LogP contribution >= 0.6 is 11.8 Å². The van der Waals surface area contributed by atoms with Gasteiger partial charge in [-0.3, -0.25) is 9.69 Å². The molecule has 0 aliphatic carbocycles. The van der Waals surface area contributed by atoms with Gasteiger partial charge in [-0.1, -0.05) is 12.1 Å². The third kappa shape index (κ3) is 5.02. The number of nitrogens with zero attached hydrogens (tertiary/aromatic N) is 2. The lowest BCUT2D eigenvalue weighted by Crippen LogP contribution is -2.23. The number of thioether (sulfide) groups is 1. The normalized spacial score (nSPS) is 16.4. The van der Waals surface area contributed by atoms with E-state index in [4.69, 9.17) is 14.9 Å². The van der Waals surface area contributed by atoms with E-state index in [-0.39, 0.29) is 11.5 Å². The van der Waals surface area contributed by atoms with Crippen LogP contribution in [-0.4, -0.2) is 51.8 Å². The summed E-state index contributed by atoms with van der Waals surface area (Å²) < 4.78 is 5.08. The quantitative estimate of drug-likeness (QED) is 0.700. The molecule has 1 heterocycles. The summed E-state index contributed by atoms with van der Waals surface area (Å²) in [6.45, 7) is -0.424. The van der Waals surface area contributed by atoms with Crippen molar-refractivity contribution in [3.8, 4) is 5.75 Å². The Morgan fingerprint density at radius 2 is 1.76 bits per heavy atom. The van der Waals surface area contributed by atoms with Gasteiger partial charge in [-0.25, -0.2) is 14.6 Å². The topological polar surface area (TPSA) is 117 Å². The highest BCUT2D eigenvalue weighted by Crippen LogP contribution is 2.33. The molecule has 1 amide bonds. The van der Waals surface area contributed by atoms with E-state index in [1.165, 1.54) is 28.8 Å². The molecule has 0 saturated carbocycles. The number of hydrogen-bond acceptors (Lipinski definition) is 6. The summed E-state index contributed by atoms with van der Waals surface area (Å²) in [4.78, 5) is 40.2. The molecule has 1 saturated heterocycles. The number of carbonyl (C=O) groups is 3. The largest absolute Gasteiger partial charge is 0.482 e. The van der Waals surface area contributed by atoms with Crippen molar-refractivity contribution < 1.29 is 29.3 Å². The molecular formula is C20H16N2O6S. The third-order valence-electron chi connectivity index (χ3n) is 3.88. The fraction of sp³-hybridized carbons (Fsp3) is 0.100. The maximum absolute atomic E-state index is 12.5. The summed E-state index contributed by atoms with van der Waals surface area (Å²) >= 11 is 1.21. The first-order chi connectivity index (χ1) is 13.8. The van der Waals surface area contributed by atoms with Crippen molar-refractivity contribution in [2.45, 2.75) is 0 Å². The van der Waals surface area contributed by atoms with E-state index in [0.29, 0.717) is 21.5 Å². The number of aromatic carboxylic acids is 1. The molecule has 0 unspecified atom stereocenters. The number of likely N-dealkylation sites (N-methyl/N-ethyl adjacent to an activating group) is 1. The number of rotatable bonds is 6. The van der Waals surface area contributed by atoms with Gasteiger partial charge in [0.15, 0.2) is 11.8 Å². The molecule has 1 fully saturated rings. The third-order valence-corrected chi connectivity index (χ3v) is 4.94. The summed E-state index contributed by atoms with van der Waals surface area (Å²) in [5.41, 5.74) is 1.45. The molecule has 29 heavy (non-hydrogen) atoms. The van der Waals surface area contributed by atoms with Crippen LogP contribution in [0, 0.1) is 0 Å². The minimum Gasteiger partial charge on any atom is -0.482 e. The second kappa shape index (κ2) is 8.61. The molecule has 148 valence electrons. The first kappa shape index (κ1) is 20.2. The summed E-state index contributed by atoms with van der Waals surface area (Å²) in [5.74, 6) is -1.86. The van der Waals surface area contributed by atoms with E-state index >= 15 is 0 Å². The van der Waals surface area contributed by atoms with Crippen molar-refractivity contribution in [3.63, 3.8) is 0 Å². The summed E-state index contributed by atoms with van der Waals surface area (Å²) in [6.07, 6.45) is 1.71. The van der Waals surface area contributed by atoms with E-state index in [2.05, 4.69) is 4.99 Å². The molecule has 9 heteroatoms. The summed E-state index contributed by atoms with van der Waals surface area (Å²) in [7, 11) is 1.61. The minimum atomic E-state index is -1.06. The average molecular weight is 412 g/mol. The van der Waals surface area contributed by atoms with Crippen molar-refractivity contribution in [1.29, 1.82) is 0 Å². The second-order valence-corrected chi connectivity index (χ2v) is 6.98. The Labute approximate surface area is 170 Å². The van der Waals surface area contributed by atoms with Crippen molar-refractivity contribution in [2.24, 2.45) is 4.99 Å². The molecule has 0 spiro atoms. The Balaban J connectivity index is 1.75. The zero-order valence-electron chi connectivity index (χ0n) is 15.2. The van der Waals surface area contributed by atoms with Gasteiger partial charge >= 0.3 is 11.9 Å². The molecule has 2 N–H and O–H groups in total. The van der Waals surface area contributed by atoms with Crippen molar-refractivity contribution in [1.82, 2.24) is 4.90 Å². The van der Waals surface area contributed by atoms with E-state index in [1.54, 1.807) is 49.5 Å². The predicted octanol–water partition coefficient (Wildman–Crippen LogP) is 3.08. The van der Waals surface area contributed by atoms with E-state index < -0.39 is 18.5 Å². The lowest BCUT2D eigenvalue weighted by atomic mass is 10.2. The number of carbonyl (C=O) groups excluding carboxylic acids is 1. The molecule has 0 aromatic heterocycles. The van der Waals surface area contributed by atoms with Crippen molar-refractivity contribution in [2.75, 3.05) is 13.7 Å². The Morgan fingerprint density at radius 3 is 2.34 bits per heavy atom. The zero-order chi connectivity index (χ0) is 21.0. The van der Waals surface area contributed by atoms with Gasteiger partial charge in [0.05, 0.1) is 16.2 Å². The molecule has 0 atom stereocenters. The molecule has 2 aromatic rings. The second-order valence-electron chi connectivity index (χ2n) is 5.97. The van der Waals surface area contributed by atoms with Gasteiger partial charge in [0.2, 0.25) is 0 Å². The Bertz CT molecular complexity index is 1010. The Hall–Kier alpha value is -3.59. The van der Waals surface area contributed by atoms with Gasteiger partial charge in [-0.15, -0.1) is 0 Å². The van der Waals surface area contributed by atoms with Crippen LogP contribution < -0.4 is 4.74 Å². The predicted molar refractivity (Wildman–Crippen MR) is 108 cm³/mol. The van der Waals surface area contributed by atoms with Crippen molar-refractivity contribution >= 4 is 46.5 Å². The molecule has 8 nitrogen and oxygen atoms in total. The average Bonchev–Trinajstić information content (AvgIpc) is 2.95. The first-order valence-electron chi connectivity index (χ1n) is 8.38. The van der Waals surface area contributed by atoms with Crippen LogP contribution in [0.15, 0.2) is 58.4 Å². The fourth-order valence-corrected chi connectivity index (χ4v) is 3.38. The number of amidine groups is 1. The van der Waals surface area contributed by atoms with Crippen LogP contribution in [0.25, 0.3) is 6.08 Å². The highest BCUT2D eigenvalue weighted by atomic mass is 32.2. The SMILES string of the molecule is CN1C(=O)C(=Cc2ccc(OCC(=O)O)cc2)SC1=Nc1ccc(C(=O)O)cc1. The number of benzene rings is 2. The maximum Gasteiger partial charge on any atom is 0.341 e. The number of ether oxygens (including phenoxy) is 1. The Morgan fingerprint density at radius 1 is 1.10 bits per heavy atom. The van der Waals surface area contributed by atoms with Crippen LogP contribution in [0.3, 0.4) is 0 Å². The summed E-state index contributed by atoms with van der Waals surface area (Å²) in [6, 6.07) is 12.8. The van der Waals surface area contributed by atoms with Crippen LogP contribution in [0.1, 0.15) is 15.9 Å². The Kier molecular flexibility index (Phi) is 5.99. The smallest absolute Gasteiger partial charge is 0.341 e. The van der Waals surface area contributed by atoms with Gasteiger partial charge in [0.1, 0.15) is 5.75 Å². The highest BCUT2D eigenvalue weighted by Gasteiger charge is 2.30. The van der Waals surface area contributed by atoms with Crippen LogP contribution in [0.2, 0.25) is 0 Å². The monoisotopic (exact) mass is 412 g/mol. The van der Waals surface area contributed by atoms with Crippen LogP contribution in [-0.2, 0) is 9.59 Å². The summed E-state index contributed by atoms with van der Waals surface area (Å²) in [5, 5.41) is 18.1. The minimum absolute atomic E-state index is 0.161. The molecular weight excluding hydrogens is 396 g/mol. The number of amides is 1. The molecule has 0 radical (unpaired) electrons. The van der Waals surface area contributed by atoms with Crippen LogP contribution in [0.5, 0.6) is 5.75 Å². The molecule has 1 aliphatic heterocycles. The zero-order valence-corrected chi connectivity index (χ0v) is 16.0. The standard InChI is InChI=1S/C20H16N2O6S/c1-22-18(25)16(10-12-2-8-15(9-3-12)28-11-17(23)24)29-20(22)21-14-6-4-13(5-7-14)19(26)27/h2-10H,11H2,1H3,(H,23,24)(H,26,27). The van der Waals surface area contributed by atoms with Gasteiger partial charge in [-0.05, 0) is 59.8 Å². The van der Waals surface area contributed by atoms with E-state index in [0.717, 1.165) is 5.56 Å². The first-order valence-corrected chi connectivity index (χ1v) is 9.19. The van der Waals surface area contributed by atoms with Gasteiger partial charge < -0.3 is 14.9 Å². The lowest BCUT2D eigenvalue weighted by Gasteiger charge is -2.07. The van der Waals surface area contributed by atoms with Gasteiger partial charge in [0.25, 0.3) is 5.91 Å². The maximum atomic E-state index is 12.5. The number of aliphatic imine (C=N–C) groups is 1. The number of hydrogen-bond donors (Lipinski definition) is 2. The number of carboxylic acid groups (broad SMARTS) is 2. The highest BCUT2D eigenvalue weighted by molar-refractivity contribution is 8.18. The molecule has 1 aliphatic rings. The van der Waals surface area contributed by atoms with E-state index in [9.17, 15) is 14.4 Å². The van der Waals surface area contributed by atoms with Crippen LogP contribution in [0.4, 0.5) is 5.69 Å². The molecule has 0 bridgehead atoms.